The minimum Gasteiger partial charge on any atom is -0.317 e. The fourth-order valence-corrected chi connectivity index (χ4v) is 2.25. The zero-order valence-corrected chi connectivity index (χ0v) is 12.3. The SMILES string of the molecule is C/C=C/CCCCC(CCCCCCC)NC. The van der Waals surface area contributed by atoms with Crippen LogP contribution in [0.1, 0.15) is 78.1 Å². The van der Waals surface area contributed by atoms with E-state index < -0.39 is 0 Å². The summed E-state index contributed by atoms with van der Waals surface area (Å²) in [6, 6.07) is 0.752. The van der Waals surface area contributed by atoms with Crippen molar-refractivity contribution >= 4 is 0 Å². The van der Waals surface area contributed by atoms with Crippen molar-refractivity contribution in [1.29, 1.82) is 0 Å². The first kappa shape index (κ1) is 16.7. The largest absolute Gasteiger partial charge is 0.317 e. The van der Waals surface area contributed by atoms with Crippen molar-refractivity contribution < 1.29 is 0 Å². The fourth-order valence-electron chi connectivity index (χ4n) is 2.25. The maximum Gasteiger partial charge on any atom is 0.00640 e. The Balaban J connectivity index is 3.36. The molecule has 0 aliphatic heterocycles. The van der Waals surface area contributed by atoms with Gasteiger partial charge in [-0.15, -0.1) is 0 Å². The van der Waals surface area contributed by atoms with Gasteiger partial charge in [0, 0.05) is 6.04 Å². The normalized spacial score (nSPS) is 13.4. The molecule has 0 amide bonds. The predicted molar refractivity (Wildman–Crippen MR) is 79.5 cm³/mol. The van der Waals surface area contributed by atoms with E-state index in [0.717, 1.165) is 6.04 Å². The van der Waals surface area contributed by atoms with E-state index in [0.29, 0.717) is 0 Å². The first-order valence-corrected chi connectivity index (χ1v) is 7.63. The number of rotatable bonds is 12. The molecule has 102 valence electrons. The molecule has 1 unspecified atom stereocenters. The molecule has 0 aliphatic rings. The zero-order chi connectivity index (χ0) is 12.8. The van der Waals surface area contributed by atoms with Crippen molar-refractivity contribution in [2.24, 2.45) is 0 Å². The van der Waals surface area contributed by atoms with Gasteiger partial charge in [0.15, 0.2) is 0 Å². The van der Waals surface area contributed by atoms with Crippen molar-refractivity contribution in [3.05, 3.63) is 12.2 Å². The summed E-state index contributed by atoms with van der Waals surface area (Å²) in [4.78, 5) is 0. The molecule has 0 aromatic rings. The third kappa shape index (κ3) is 12.0. The van der Waals surface area contributed by atoms with Gasteiger partial charge >= 0.3 is 0 Å². The van der Waals surface area contributed by atoms with Gasteiger partial charge in [0.05, 0.1) is 0 Å². The minimum absolute atomic E-state index is 0.752. The third-order valence-corrected chi connectivity index (χ3v) is 3.47. The molecular weight excluding hydrogens is 206 g/mol. The van der Waals surface area contributed by atoms with Gasteiger partial charge in [-0.25, -0.2) is 0 Å². The molecule has 0 rings (SSSR count). The second kappa shape index (κ2) is 13.8. The summed E-state index contributed by atoms with van der Waals surface area (Å²) in [6.07, 6.45) is 18.1. The second-order valence-electron chi connectivity index (χ2n) is 5.04. The van der Waals surface area contributed by atoms with Crippen LogP contribution >= 0.6 is 0 Å². The minimum atomic E-state index is 0.752. The van der Waals surface area contributed by atoms with Crippen LogP contribution in [0, 0.1) is 0 Å². The van der Waals surface area contributed by atoms with E-state index in [-0.39, 0.29) is 0 Å². The lowest BCUT2D eigenvalue weighted by Crippen LogP contribution is -2.24. The third-order valence-electron chi connectivity index (χ3n) is 3.47. The standard InChI is InChI=1S/C16H33N/c1-4-6-8-10-12-14-16(17-3)15-13-11-9-7-5-2/h4,6,16-17H,5,7-15H2,1-3H3/b6-4+. The maximum atomic E-state index is 3.47. The average molecular weight is 239 g/mol. The average Bonchev–Trinajstić information content (AvgIpc) is 2.36. The maximum absolute atomic E-state index is 3.47. The Morgan fingerprint density at radius 3 is 2.18 bits per heavy atom. The lowest BCUT2D eigenvalue weighted by molar-refractivity contribution is 0.443. The molecule has 0 fully saturated rings. The molecule has 0 heterocycles. The van der Waals surface area contributed by atoms with Gasteiger partial charge in [-0.2, -0.15) is 0 Å². The number of unbranched alkanes of at least 4 members (excludes halogenated alkanes) is 6. The van der Waals surface area contributed by atoms with Gasteiger partial charge in [-0.3, -0.25) is 0 Å². The highest BCUT2D eigenvalue weighted by atomic mass is 14.9. The summed E-state index contributed by atoms with van der Waals surface area (Å²) >= 11 is 0. The molecule has 1 heteroatoms. The molecule has 0 aromatic carbocycles. The molecule has 0 spiro atoms. The number of allylic oxidation sites excluding steroid dienone is 2. The first-order chi connectivity index (χ1) is 8.35. The lowest BCUT2D eigenvalue weighted by Gasteiger charge is -2.15. The smallest absolute Gasteiger partial charge is 0.00640 e. The van der Waals surface area contributed by atoms with Crippen LogP contribution in [0.25, 0.3) is 0 Å². The monoisotopic (exact) mass is 239 g/mol. The highest BCUT2D eigenvalue weighted by Gasteiger charge is 2.04. The molecule has 0 bridgehead atoms. The molecule has 17 heavy (non-hydrogen) atoms. The zero-order valence-electron chi connectivity index (χ0n) is 12.3. The summed E-state index contributed by atoms with van der Waals surface area (Å²) in [6.45, 7) is 4.38. The van der Waals surface area contributed by atoms with Crippen molar-refractivity contribution in [2.75, 3.05) is 7.05 Å². The van der Waals surface area contributed by atoms with Crippen LogP contribution in [0.15, 0.2) is 12.2 Å². The fraction of sp³-hybridized carbons (Fsp3) is 0.875. The Kier molecular flexibility index (Phi) is 13.5. The van der Waals surface area contributed by atoms with Crippen LogP contribution < -0.4 is 5.32 Å². The van der Waals surface area contributed by atoms with E-state index >= 15 is 0 Å². The van der Waals surface area contributed by atoms with E-state index in [1.54, 1.807) is 0 Å². The number of hydrogen-bond donors (Lipinski definition) is 1. The van der Waals surface area contributed by atoms with E-state index in [1.807, 2.05) is 0 Å². The Hall–Kier alpha value is -0.300. The summed E-state index contributed by atoms with van der Waals surface area (Å²) in [5.41, 5.74) is 0. The Morgan fingerprint density at radius 2 is 1.59 bits per heavy atom. The van der Waals surface area contributed by atoms with Crippen LogP contribution in [-0.2, 0) is 0 Å². The van der Waals surface area contributed by atoms with Gasteiger partial charge in [0.25, 0.3) is 0 Å². The van der Waals surface area contributed by atoms with E-state index in [4.69, 9.17) is 0 Å². The van der Waals surface area contributed by atoms with Gasteiger partial charge in [0.1, 0.15) is 0 Å². The molecule has 1 atom stereocenters. The molecule has 1 nitrogen and oxygen atoms in total. The van der Waals surface area contributed by atoms with Crippen molar-refractivity contribution in [1.82, 2.24) is 5.32 Å². The van der Waals surface area contributed by atoms with E-state index in [1.165, 1.54) is 64.2 Å². The number of hydrogen-bond acceptors (Lipinski definition) is 1. The lowest BCUT2D eigenvalue weighted by atomic mass is 10.0. The van der Waals surface area contributed by atoms with Crippen molar-refractivity contribution in [3.63, 3.8) is 0 Å². The second-order valence-corrected chi connectivity index (χ2v) is 5.04. The highest BCUT2D eigenvalue weighted by molar-refractivity contribution is 4.76. The quantitative estimate of drug-likeness (QED) is 0.370. The summed E-state index contributed by atoms with van der Waals surface area (Å²) in [5, 5.41) is 3.47. The van der Waals surface area contributed by atoms with Crippen LogP contribution in [0.5, 0.6) is 0 Å². The highest BCUT2D eigenvalue weighted by Crippen LogP contribution is 2.12. The van der Waals surface area contributed by atoms with Gasteiger partial charge in [0.2, 0.25) is 0 Å². The van der Waals surface area contributed by atoms with Crippen LogP contribution in [-0.4, -0.2) is 13.1 Å². The van der Waals surface area contributed by atoms with Crippen LogP contribution in [0.3, 0.4) is 0 Å². The summed E-state index contributed by atoms with van der Waals surface area (Å²) < 4.78 is 0. The molecule has 1 N–H and O–H groups in total. The predicted octanol–water partition coefficient (Wildman–Crippen LogP) is 5.07. The molecular formula is C16H33N. The molecule has 0 saturated heterocycles. The molecule has 0 aromatic heterocycles. The van der Waals surface area contributed by atoms with E-state index in [9.17, 15) is 0 Å². The Labute approximate surface area is 109 Å². The van der Waals surface area contributed by atoms with Crippen molar-refractivity contribution in [3.8, 4) is 0 Å². The van der Waals surface area contributed by atoms with Gasteiger partial charge in [-0.05, 0) is 39.7 Å². The molecule has 0 saturated carbocycles. The van der Waals surface area contributed by atoms with Crippen LogP contribution in [0.2, 0.25) is 0 Å². The van der Waals surface area contributed by atoms with Crippen LogP contribution in [0.4, 0.5) is 0 Å². The van der Waals surface area contributed by atoms with Crippen molar-refractivity contribution in [2.45, 2.75) is 84.1 Å². The number of nitrogens with one attached hydrogen (secondary N) is 1. The Morgan fingerprint density at radius 1 is 0.941 bits per heavy atom. The molecule has 0 aliphatic carbocycles. The summed E-state index contributed by atoms with van der Waals surface area (Å²) in [7, 11) is 2.11. The Bertz CT molecular complexity index is 163. The van der Waals surface area contributed by atoms with Gasteiger partial charge in [-0.1, -0.05) is 57.6 Å². The van der Waals surface area contributed by atoms with Gasteiger partial charge < -0.3 is 5.32 Å². The topological polar surface area (TPSA) is 12.0 Å². The molecule has 0 radical (unpaired) electrons. The summed E-state index contributed by atoms with van der Waals surface area (Å²) in [5.74, 6) is 0. The van der Waals surface area contributed by atoms with E-state index in [2.05, 4.69) is 38.4 Å². The first-order valence-electron chi connectivity index (χ1n) is 7.63.